The van der Waals surface area contributed by atoms with Crippen LogP contribution in [0.4, 0.5) is 0 Å². The van der Waals surface area contributed by atoms with Crippen LogP contribution in [0.1, 0.15) is 33.1 Å². The number of rotatable bonds is 5. The molecule has 1 aromatic carbocycles. The topological polar surface area (TPSA) is 29.5 Å². The first kappa shape index (κ1) is 10.9. The molecule has 1 aromatic rings. The Morgan fingerprint density at radius 3 is 2.71 bits per heavy atom. The van der Waals surface area contributed by atoms with Crippen LogP contribution < -0.4 is 4.74 Å². The summed E-state index contributed by atoms with van der Waals surface area (Å²) in [5.41, 5.74) is 0. The normalized spacial score (nSPS) is 12.4. The van der Waals surface area contributed by atoms with Crippen LogP contribution in [-0.4, -0.2) is 11.2 Å². The minimum Gasteiger partial charge on any atom is -0.508 e. The molecule has 1 rings (SSSR count). The average molecular weight is 194 g/mol. The fourth-order valence-electron chi connectivity index (χ4n) is 1.42. The highest BCUT2D eigenvalue weighted by atomic mass is 16.5. The molecule has 0 saturated carbocycles. The maximum atomic E-state index is 9.25. The molecule has 0 amide bonds. The molecule has 1 N–H and O–H groups in total. The third kappa shape index (κ3) is 3.29. The van der Waals surface area contributed by atoms with Crippen LogP contribution >= 0.6 is 0 Å². The third-order valence-corrected chi connectivity index (χ3v) is 2.19. The summed E-state index contributed by atoms with van der Waals surface area (Å²) in [6.45, 7) is 4.26. The van der Waals surface area contributed by atoms with E-state index >= 15 is 0 Å². The lowest BCUT2D eigenvalue weighted by molar-refractivity contribution is 0.185. The molecule has 0 spiro atoms. The van der Waals surface area contributed by atoms with E-state index in [1.165, 1.54) is 0 Å². The third-order valence-electron chi connectivity index (χ3n) is 2.19. The van der Waals surface area contributed by atoms with Gasteiger partial charge < -0.3 is 9.84 Å². The van der Waals surface area contributed by atoms with E-state index in [4.69, 9.17) is 4.74 Å². The number of ether oxygens (including phenoxy) is 1. The molecule has 78 valence electrons. The molecule has 1 atom stereocenters. The summed E-state index contributed by atoms with van der Waals surface area (Å²) in [6.07, 6.45) is 3.45. The SMILES string of the molecule is CCCC(CC)Oc1cccc(O)c1. The van der Waals surface area contributed by atoms with E-state index in [0.717, 1.165) is 25.0 Å². The van der Waals surface area contributed by atoms with Gasteiger partial charge in [0.1, 0.15) is 11.5 Å². The van der Waals surface area contributed by atoms with Crippen molar-refractivity contribution in [2.75, 3.05) is 0 Å². The molecule has 0 aliphatic carbocycles. The van der Waals surface area contributed by atoms with Crippen LogP contribution in [0.25, 0.3) is 0 Å². The van der Waals surface area contributed by atoms with Crippen LogP contribution in [0.5, 0.6) is 11.5 Å². The maximum Gasteiger partial charge on any atom is 0.123 e. The quantitative estimate of drug-likeness (QED) is 0.778. The second kappa shape index (κ2) is 5.53. The molecular formula is C12H18O2. The van der Waals surface area contributed by atoms with Crippen molar-refractivity contribution in [1.82, 2.24) is 0 Å². The Balaban J connectivity index is 2.57. The van der Waals surface area contributed by atoms with Gasteiger partial charge in [0.05, 0.1) is 6.10 Å². The van der Waals surface area contributed by atoms with Crippen LogP contribution in [0.3, 0.4) is 0 Å². The Hall–Kier alpha value is -1.18. The summed E-state index contributed by atoms with van der Waals surface area (Å²) < 4.78 is 5.72. The van der Waals surface area contributed by atoms with Gasteiger partial charge in [0.25, 0.3) is 0 Å². The average Bonchev–Trinajstić information content (AvgIpc) is 2.17. The molecule has 14 heavy (non-hydrogen) atoms. The second-order valence-electron chi connectivity index (χ2n) is 3.43. The van der Waals surface area contributed by atoms with Gasteiger partial charge in [-0.25, -0.2) is 0 Å². The van der Waals surface area contributed by atoms with Crippen molar-refractivity contribution in [3.63, 3.8) is 0 Å². The van der Waals surface area contributed by atoms with Gasteiger partial charge in [-0.15, -0.1) is 0 Å². The first-order valence-electron chi connectivity index (χ1n) is 5.22. The van der Waals surface area contributed by atoms with E-state index in [9.17, 15) is 5.11 Å². The molecule has 0 heterocycles. The summed E-state index contributed by atoms with van der Waals surface area (Å²) in [5, 5.41) is 9.25. The Labute approximate surface area is 85.5 Å². The van der Waals surface area contributed by atoms with Crippen LogP contribution in [0, 0.1) is 0 Å². The van der Waals surface area contributed by atoms with Crippen molar-refractivity contribution in [2.24, 2.45) is 0 Å². The lowest BCUT2D eigenvalue weighted by Crippen LogP contribution is -2.14. The number of phenolic OH excluding ortho intramolecular Hbond substituents is 1. The van der Waals surface area contributed by atoms with E-state index < -0.39 is 0 Å². The van der Waals surface area contributed by atoms with Gasteiger partial charge in [-0.05, 0) is 25.0 Å². The number of aromatic hydroxyl groups is 1. The van der Waals surface area contributed by atoms with Gasteiger partial charge in [-0.1, -0.05) is 26.3 Å². The highest BCUT2D eigenvalue weighted by Crippen LogP contribution is 2.20. The summed E-state index contributed by atoms with van der Waals surface area (Å²) in [4.78, 5) is 0. The molecule has 0 fully saturated rings. The molecule has 0 aliphatic heterocycles. The van der Waals surface area contributed by atoms with E-state index in [2.05, 4.69) is 13.8 Å². The van der Waals surface area contributed by atoms with Crippen molar-refractivity contribution >= 4 is 0 Å². The van der Waals surface area contributed by atoms with Crippen LogP contribution in [0.15, 0.2) is 24.3 Å². The van der Waals surface area contributed by atoms with Gasteiger partial charge >= 0.3 is 0 Å². The predicted octanol–water partition coefficient (Wildman–Crippen LogP) is 3.35. The monoisotopic (exact) mass is 194 g/mol. The predicted molar refractivity (Wildman–Crippen MR) is 57.7 cm³/mol. The van der Waals surface area contributed by atoms with Gasteiger partial charge in [0, 0.05) is 6.07 Å². The van der Waals surface area contributed by atoms with Gasteiger partial charge in [-0.3, -0.25) is 0 Å². The molecule has 0 aromatic heterocycles. The van der Waals surface area contributed by atoms with Crippen molar-refractivity contribution in [3.05, 3.63) is 24.3 Å². The number of hydrogen-bond donors (Lipinski definition) is 1. The number of phenols is 1. The first-order chi connectivity index (χ1) is 6.76. The van der Waals surface area contributed by atoms with Crippen LogP contribution in [-0.2, 0) is 0 Å². The molecule has 0 aliphatic rings. The Bertz CT molecular complexity index is 271. The Morgan fingerprint density at radius 1 is 1.36 bits per heavy atom. The molecular weight excluding hydrogens is 176 g/mol. The number of hydrogen-bond acceptors (Lipinski definition) is 2. The summed E-state index contributed by atoms with van der Waals surface area (Å²) >= 11 is 0. The maximum absolute atomic E-state index is 9.25. The van der Waals surface area contributed by atoms with Gasteiger partial charge in [-0.2, -0.15) is 0 Å². The molecule has 2 nitrogen and oxygen atoms in total. The smallest absolute Gasteiger partial charge is 0.123 e. The highest BCUT2D eigenvalue weighted by Gasteiger charge is 2.06. The highest BCUT2D eigenvalue weighted by molar-refractivity contribution is 5.31. The zero-order valence-electron chi connectivity index (χ0n) is 8.86. The first-order valence-corrected chi connectivity index (χ1v) is 5.22. The second-order valence-corrected chi connectivity index (χ2v) is 3.43. The molecule has 0 radical (unpaired) electrons. The minimum atomic E-state index is 0.258. The molecule has 0 bridgehead atoms. The standard InChI is InChI=1S/C12H18O2/c1-3-6-11(4-2)14-12-8-5-7-10(13)9-12/h5,7-9,11,13H,3-4,6H2,1-2H3. The summed E-state index contributed by atoms with van der Waals surface area (Å²) in [7, 11) is 0. The molecule has 2 heteroatoms. The fourth-order valence-corrected chi connectivity index (χ4v) is 1.42. The largest absolute Gasteiger partial charge is 0.508 e. The van der Waals surface area contributed by atoms with Crippen molar-refractivity contribution in [3.8, 4) is 11.5 Å². The molecule has 0 saturated heterocycles. The Kier molecular flexibility index (Phi) is 4.30. The van der Waals surface area contributed by atoms with E-state index in [1.807, 2.05) is 6.07 Å². The molecule has 1 unspecified atom stereocenters. The van der Waals surface area contributed by atoms with Gasteiger partial charge in [0.2, 0.25) is 0 Å². The van der Waals surface area contributed by atoms with Crippen molar-refractivity contribution in [1.29, 1.82) is 0 Å². The zero-order chi connectivity index (χ0) is 10.4. The Morgan fingerprint density at radius 2 is 2.14 bits per heavy atom. The number of benzene rings is 1. The summed E-state index contributed by atoms with van der Waals surface area (Å²) in [5.74, 6) is 1.01. The lowest BCUT2D eigenvalue weighted by atomic mass is 10.1. The van der Waals surface area contributed by atoms with Crippen molar-refractivity contribution in [2.45, 2.75) is 39.2 Å². The zero-order valence-corrected chi connectivity index (χ0v) is 8.86. The lowest BCUT2D eigenvalue weighted by Gasteiger charge is -2.16. The summed E-state index contributed by atoms with van der Waals surface area (Å²) in [6, 6.07) is 6.97. The van der Waals surface area contributed by atoms with Crippen molar-refractivity contribution < 1.29 is 9.84 Å². The van der Waals surface area contributed by atoms with Crippen LogP contribution in [0.2, 0.25) is 0 Å². The van der Waals surface area contributed by atoms with E-state index in [0.29, 0.717) is 0 Å². The fraction of sp³-hybridized carbons (Fsp3) is 0.500. The minimum absolute atomic E-state index is 0.258. The van der Waals surface area contributed by atoms with Gasteiger partial charge in [0.15, 0.2) is 0 Å². The van der Waals surface area contributed by atoms with E-state index in [1.54, 1.807) is 18.2 Å². The van der Waals surface area contributed by atoms with E-state index in [-0.39, 0.29) is 11.9 Å².